The molecule has 10 heteroatoms. The van der Waals surface area contributed by atoms with Crippen molar-refractivity contribution in [2.24, 2.45) is 0 Å². The molecule has 0 spiro atoms. The number of esters is 2. The summed E-state index contributed by atoms with van der Waals surface area (Å²) in [5, 5.41) is 11.5. The normalized spacial score (nSPS) is 11.5. The van der Waals surface area contributed by atoms with E-state index in [0.717, 1.165) is 26.4 Å². The number of nitriles is 1. The summed E-state index contributed by atoms with van der Waals surface area (Å²) in [5.74, 6) is -1.84. The molecule has 0 fully saturated rings. The average Bonchev–Trinajstić information content (AvgIpc) is 2.53. The van der Waals surface area contributed by atoms with Crippen LogP contribution in [0, 0.1) is 14.9 Å². The highest BCUT2D eigenvalue weighted by atomic mass is 127. The molecule has 1 rings (SSSR count). The largest absolute Gasteiger partial charge is 0.466 e. The molecule has 0 aromatic heterocycles. The molecule has 0 saturated carbocycles. The zero-order chi connectivity index (χ0) is 18.5. The number of nitrogens with one attached hydrogen (secondary N) is 1. The third kappa shape index (κ3) is 4.85. The summed E-state index contributed by atoms with van der Waals surface area (Å²) >= 11 is 1.58. The number of carbonyl (C=O) groups is 2. The first kappa shape index (κ1) is 19.8. The van der Waals surface area contributed by atoms with Gasteiger partial charge in [-0.2, -0.15) is 18.4 Å². The molecule has 1 aromatic carbocycles. The smallest absolute Gasteiger partial charge is 0.416 e. The van der Waals surface area contributed by atoms with E-state index < -0.39 is 29.4 Å². The fraction of sp³-hybridized carbons (Fsp3) is 0.214. The van der Waals surface area contributed by atoms with Gasteiger partial charge in [-0.25, -0.2) is 9.59 Å². The van der Waals surface area contributed by atoms with Crippen LogP contribution in [-0.2, 0) is 25.2 Å². The van der Waals surface area contributed by atoms with Crippen molar-refractivity contribution in [1.29, 1.82) is 5.26 Å². The van der Waals surface area contributed by atoms with E-state index in [2.05, 4.69) is 14.8 Å². The standard InChI is InChI=1S/C14H10F3IN2O4/c1-23-11(21)5-10(13(22)24-2)20-12-7(6-19)3-8(4-9(12)18)14(15,16)17/h3-5,20H,1-2H3/b10-5+. The molecule has 0 aliphatic carbocycles. The monoisotopic (exact) mass is 454 g/mol. The Hall–Kier alpha value is -2.29. The molecule has 1 aromatic rings. The molecule has 0 amide bonds. The molecule has 128 valence electrons. The Kier molecular flexibility index (Phi) is 6.59. The minimum atomic E-state index is -4.63. The molecule has 0 aliphatic rings. The molecule has 0 radical (unpaired) electrons. The van der Waals surface area contributed by atoms with Crippen molar-refractivity contribution < 1.29 is 32.2 Å². The van der Waals surface area contributed by atoms with Crippen LogP contribution in [0.5, 0.6) is 0 Å². The lowest BCUT2D eigenvalue weighted by Gasteiger charge is -2.15. The van der Waals surface area contributed by atoms with Crippen LogP contribution in [0.15, 0.2) is 23.9 Å². The lowest BCUT2D eigenvalue weighted by Crippen LogP contribution is -2.17. The van der Waals surface area contributed by atoms with Gasteiger partial charge in [-0.15, -0.1) is 0 Å². The zero-order valence-electron chi connectivity index (χ0n) is 12.3. The van der Waals surface area contributed by atoms with Gasteiger partial charge in [-0.1, -0.05) is 0 Å². The summed E-state index contributed by atoms with van der Waals surface area (Å²) in [4.78, 5) is 23.0. The maximum absolute atomic E-state index is 12.8. The van der Waals surface area contributed by atoms with Crippen molar-refractivity contribution in [2.75, 3.05) is 19.5 Å². The van der Waals surface area contributed by atoms with Gasteiger partial charge in [0.2, 0.25) is 0 Å². The van der Waals surface area contributed by atoms with Crippen molar-refractivity contribution in [1.82, 2.24) is 0 Å². The van der Waals surface area contributed by atoms with Crippen LogP contribution in [0.1, 0.15) is 11.1 Å². The average molecular weight is 454 g/mol. The summed E-state index contributed by atoms with van der Waals surface area (Å²) in [6, 6.07) is 3.05. The van der Waals surface area contributed by atoms with Crippen LogP contribution in [0.3, 0.4) is 0 Å². The van der Waals surface area contributed by atoms with E-state index in [4.69, 9.17) is 5.26 Å². The Labute approximate surface area is 148 Å². The van der Waals surface area contributed by atoms with Gasteiger partial charge in [0.1, 0.15) is 11.8 Å². The number of benzene rings is 1. The molecular weight excluding hydrogens is 444 g/mol. The number of halogens is 4. The van der Waals surface area contributed by atoms with E-state index >= 15 is 0 Å². The van der Waals surface area contributed by atoms with E-state index in [9.17, 15) is 22.8 Å². The first-order chi connectivity index (χ1) is 11.1. The highest BCUT2D eigenvalue weighted by Crippen LogP contribution is 2.35. The van der Waals surface area contributed by atoms with Gasteiger partial charge >= 0.3 is 18.1 Å². The number of hydrogen-bond acceptors (Lipinski definition) is 6. The maximum Gasteiger partial charge on any atom is 0.416 e. The quantitative estimate of drug-likeness (QED) is 0.428. The number of nitrogens with zero attached hydrogens (tertiary/aromatic N) is 1. The minimum absolute atomic E-state index is 0.0265. The van der Waals surface area contributed by atoms with Crippen LogP contribution in [0.2, 0.25) is 0 Å². The predicted octanol–water partition coefficient (Wildman–Crippen LogP) is 2.82. The molecule has 0 atom stereocenters. The Balaban J connectivity index is 3.40. The topological polar surface area (TPSA) is 88.4 Å². The maximum atomic E-state index is 12.8. The van der Waals surface area contributed by atoms with Crippen LogP contribution in [0.4, 0.5) is 18.9 Å². The number of methoxy groups -OCH3 is 2. The molecule has 0 aliphatic heterocycles. The first-order valence-corrected chi connectivity index (χ1v) is 7.17. The second-order valence-corrected chi connectivity index (χ2v) is 5.35. The Morgan fingerprint density at radius 2 is 1.92 bits per heavy atom. The first-order valence-electron chi connectivity index (χ1n) is 6.09. The van der Waals surface area contributed by atoms with Gasteiger partial charge in [-0.3, -0.25) is 0 Å². The van der Waals surface area contributed by atoms with Crippen molar-refractivity contribution in [3.05, 3.63) is 38.6 Å². The molecular formula is C14H10F3IN2O4. The number of carbonyl (C=O) groups excluding carboxylic acids is 2. The van der Waals surface area contributed by atoms with Gasteiger partial charge in [0.25, 0.3) is 0 Å². The van der Waals surface area contributed by atoms with Crippen LogP contribution in [0.25, 0.3) is 0 Å². The second kappa shape index (κ2) is 8.00. The number of ether oxygens (including phenoxy) is 2. The van der Waals surface area contributed by atoms with E-state index in [1.54, 1.807) is 28.7 Å². The highest BCUT2D eigenvalue weighted by molar-refractivity contribution is 14.1. The fourth-order valence-corrected chi connectivity index (χ4v) is 2.31. The van der Waals surface area contributed by atoms with Gasteiger partial charge in [0.15, 0.2) is 0 Å². The predicted molar refractivity (Wildman–Crippen MR) is 84.6 cm³/mol. The second-order valence-electron chi connectivity index (χ2n) is 4.19. The number of alkyl halides is 3. The van der Waals surface area contributed by atoms with Gasteiger partial charge in [0, 0.05) is 3.57 Å². The van der Waals surface area contributed by atoms with Crippen LogP contribution < -0.4 is 5.32 Å². The minimum Gasteiger partial charge on any atom is -0.466 e. The highest BCUT2D eigenvalue weighted by Gasteiger charge is 2.32. The van der Waals surface area contributed by atoms with E-state index in [-0.39, 0.29) is 14.8 Å². The van der Waals surface area contributed by atoms with Crippen molar-refractivity contribution in [3.63, 3.8) is 0 Å². The molecule has 0 heterocycles. The molecule has 0 saturated heterocycles. The van der Waals surface area contributed by atoms with Gasteiger partial charge < -0.3 is 14.8 Å². The Morgan fingerprint density at radius 1 is 1.29 bits per heavy atom. The number of hydrogen-bond donors (Lipinski definition) is 1. The van der Waals surface area contributed by atoms with Gasteiger partial charge in [-0.05, 0) is 34.7 Å². The summed E-state index contributed by atoms with van der Waals surface area (Å²) in [6.45, 7) is 0. The lowest BCUT2D eigenvalue weighted by molar-refractivity contribution is -0.138. The molecule has 24 heavy (non-hydrogen) atoms. The summed E-state index contributed by atoms with van der Waals surface area (Å²) in [5.41, 5.74) is -1.82. The summed E-state index contributed by atoms with van der Waals surface area (Å²) in [7, 11) is 2.13. The Morgan fingerprint density at radius 3 is 2.38 bits per heavy atom. The molecule has 1 N–H and O–H groups in total. The summed E-state index contributed by atoms with van der Waals surface area (Å²) in [6.07, 6.45) is -3.86. The SMILES string of the molecule is COC(=O)/C=C(/Nc1c(I)cc(C(F)(F)F)cc1C#N)C(=O)OC. The third-order valence-electron chi connectivity index (χ3n) is 2.67. The van der Waals surface area contributed by atoms with Gasteiger partial charge in [0.05, 0.1) is 37.1 Å². The Bertz CT molecular complexity index is 739. The number of rotatable bonds is 4. The lowest BCUT2D eigenvalue weighted by atomic mass is 10.1. The van der Waals surface area contributed by atoms with Crippen LogP contribution in [-0.4, -0.2) is 26.2 Å². The molecule has 0 bridgehead atoms. The summed E-state index contributed by atoms with van der Waals surface area (Å²) < 4.78 is 47.3. The zero-order valence-corrected chi connectivity index (χ0v) is 14.5. The molecule has 0 unspecified atom stereocenters. The van der Waals surface area contributed by atoms with E-state index in [1.165, 1.54) is 0 Å². The van der Waals surface area contributed by atoms with Crippen molar-refractivity contribution >= 4 is 40.2 Å². The third-order valence-corrected chi connectivity index (χ3v) is 3.52. The van der Waals surface area contributed by atoms with E-state index in [1.807, 2.05) is 0 Å². The number of anilines is 1. The van der Waals surface area contributed by atoms with Crippen molar-refractivity contribution in [3.8, 4) is 6.07 Å². The van der Waals surface area contributed by atoms with Crippen molar-refractivity contribution in [2.45, 2.75) is 6.18 Å². The fourth-order valence-electron chi connectivity index (χ4n) is 1.55. The molecule has 6 nitrogen and oxygen atoms in total. The van der Waals surface area contributed by atoms with Crippen LogP contribution >= 0.6 is 22.6 Å². The van der Waals surface area contributed by atoms with E-state index in [0.29, 0.717) is 6.07 Å².